The van der Waals surface area contributed by atoms with Crippen molar-refractivity contribution in [3.8, 4) is 21.1 Å². The Morgan fingerprint density at radius 1 is 0.677 bits per heavy atom. The summed E-state index contributed by atoms with van der Waals surface area (Å²) in [6, 6.07) is 18.4. The van der Waals surface area contributed by atoms with Gasteiger partial charge in [0, 0.05) is 95.2 Å². The third kappa shape index (κ3) is 11.4. The zero-order valence-electron chi connectivity index (χ0n) is 35.9. The average Bonchev–Trinajstić information content (AvgIpc) is 3.85. The van der Waals surface area contributed by atoms with Crippen LogP contribution in [0, 0.1) is 10.1 Å². The molecule has 2 fully saturated rings. The predicted molar refractivity (Wildman–Crippen MR) is 243 cm³/mol. The van der Waals surface area contributed by atoms with Gasteiger partial charge in [-0.05, 0) is 83.0 Å². The molecule has 16 nitrogen and oxygen atoms in total. The summed E-state index contributed by atoms with van der Waals surface area (Å²) in [5.41, 5.74) is 11.1. The molecule has 0 radical (unpaired) electrons. The number of nitrogens with two attached hydrogens (primary N) is 1. The number of rotatable bonds is 7. The van der Waals surface area contributed by atoms with Gasteiger partial charge >= 0.3 is 12.2 Å². The van der Waals surface area contributed by atoms with Crippen LogP contribution in [0.3, 0.4) is 0 Å². The number of carbonyl (C=O) groups excluding carboxylic acids is 2. The molecule has 62 heavy (non-hydrogen) atoms. The van der Waals surface area contributed by atoms with Crippen LogP contribution in [0.1, 0.15) is 52.7 Å². The predicted octanol–water partition coefficient (Wildman–Crippen LogP) is 8.31. The quantitative estimate of drug-likeness (QED) is 0.0918. The lowest BCUT2D eigenvalue weighted by atomic mass is 10.2. The lowest BCUT2D eigenvalue weighted by Crippen LogP contribution is -2.49. The van der Waals surface area contributed by atoms with E-state index in [-0.39, 0.29) is 17.9 Å². The molecule has 8 rings (SSSR count). The Labute approximate surface area is 368 Å². The normalized spacial score (nSPS) is 15.3. The van der Waals surface area contributed by atoms with Gasteiger partial charge in [0.15, 0.2) is 0 Å². The number of para-hydroxylation sites is 2. The summed E-state index contributed by atoms with van der Waals surface area (Å²) in [6.07, 6.45) is 3.23. The fraction of sp³-hybridized carbons (Fsp3) is 0.409. The first-order chi connectivity index (χ1) is 29.5. The summed E-state index contributed by atoms with van der Waals surface area (Å²) in [4.78, 5) is 63.7. The highest BCUT2D eigenvalue weighted by atomic mass is 32.1. The number of nitro benzene ring substituents is 1. The molecule has 2 aromatic carbocycles. The summed E-state index contributed by atoms with van der Waals surface area (Å²) in [5, 5.41) is 12.8. The van der Waals surface area contributed by atoms with Crippen LogP contribution in [-0.4, -0.2) is 120 Å². The Morgan fingerprint density at radius 3 is 1.53 bits per heavy atom. The van der Waals surface area contributed by atoms with E-state index >= 15 is 0 Å². The molecule has 6 aromatic rings. The maximum absolute atomic E-state index is 12.2. The molecule has 0 unspecified atom stereocenters. The third-order valence-corrected chi connectivity index (χ3v) is 12.0. The van der Waals surface area contributed by atoms with Crippen LogP contribution in [0.4, 0.5) is 21.0 Å². The monoisotopic (exact) mass is 880 g/mol. The lowest BCUT2D eigenvalue weighted by molar-refractivity contribution is -0.384. The summed E-state index contributed by atoms with van der Waals surface area (Å²) in [6.45, 7) is 18.4. The Bertz CT molecular complexity index is 2550. The van der Waals surface area contributed by atoms with Gasteiger partial charge in [0.05, 0.1) is 10.5 Å². The van der Waals surface area contributed by atoms with E-state index in [4.69, 9.17) is 20.2 Å². The summed E-state index contributed by atoms with van der Waals surface area (Å²) in [5.74, 6) is 0. The number of nitrogen functional groups attached to an aromatic ring is 1. The molecular formula is C44H52N10O6S2. The van der Waals surface area contributed by atoms with Gasteiger partial charge in [0.25, 0.3) is 5.69 Å². The molecule has 0 bridgehead atoms. The standard InChI is InChI=1S/C22H25N5O4S.C22H27N5O2S/c1-22(2,3)31-21(28)26-10-8-25(9-11-26)14-15-12-17-20(23-13-15)32-19(24-17)16-6-4-5-7-18(16)27(29)30;1-22(2,3)29-21(28)27-10-8-26(9-11-27)14-15-12-18-20(24-13-15)30-19(25-18)16-6-4-5-7-17(16)23/h4-7,12-13H,8-11,14H2,1-3H3;4-7,12-13H,8-11,14,23H2,1-3H3. The Morgan fingerprint density at radius 2 is 1.10 bits per heavy atom. The molecule has 2 N–H and O–H groups in total. The number of carbonyl (C=O) groups is 2. The molecule has 326 valence electrons. The van der Waals surface area contributed by atoms with E-state index in [0.29, 0.717) is 43.3 Å². The molecule has 18 heteroatoms. The van der Waals surface area contributed by atoms with E-state index in [1.807, 2.05) is 84.3 Å². The highest BCUT2D eigenvalue weighted by molar-refractivity contribution is 7.21. The number of hydrogen-bond donors (Lipinski definition) is 1. The molecule has 0 atom stereocenters. The number of hydrogen-bond acceptors (Lipinski definition) is 15. The highest BCUT2D eigenvalue weighted by Crippen LogP contribution is 2.35. The Kier molecular flexibility index (Phi) is 13.3. The van der Waals surface area contributed by atoms with Crippen LogP contribution in [0.15, 0.2) is 73.1 Å². The van der Waals surface area contributed by atoms with Crippen molar-refractivity contribution >= 4 is 66.9 Å². The van der Waals surface area contributed by atoms with Crippen LogP contribution in [0.25, 0.3) is 41.8 Å². The zero-order valence-corrected chi connectivity index (χ0v) is 37.5. The van der Waals surface area contributed by atoms with Gasteiger partial charge in [-0.1, -0.05) is 46.9 Å². The second kappa shape index (κ2) is 18.7. The van der Waals surface area contributed by atoms with Crippen LogP contribution >= 0.6 is 22.7 Å². The molecule has 0 spiro atoms. The molecule has 6 heterocycles. The minimum atomic E-state index is -0.498. The fourth-order valence-electron chi connectivity index (χ4n) is 6.98. The van der Waals surface area contributed by atoms with Crippen LogP contribution < -0.4 is 5.73 Å². The molecule has 4 aromatic heterocycles. The van der Waals surface area contributed by atoms with Gasteiger partial charge in [0.2, 0.25) is 0 Å². The minimum absolute atomic E-state index is 0.0367. The Hall–Kier alpha value is -5.82. The van der Waals surface area contributed by atoms with Crippen molar-refractivity contribution in [3.05, 3.63) is 94.3 Å². The number of nitrogens with zero attached hydrogens (tertiary/aromatic N) is 9. The van der Waals surface area contributed by atoms with Crippen LogP contribution in [-0.2, 0) is 22.6 Å². The van der Waals surface area contributed by atoms with Crippen LogP contribution in [0.2, 0.25) is 0 Å². The number of anilines is 1. The summed E-state index contributed by atoms with van der Waals surface area (Å²) in [7, 11) is 0. The molecule has 0 aliphatic carbocycles. The van der Waals surface area contributed by atoms with Crippen molar-refractivity contribution in [1.29, 1.82) is 0 Å². The van der Waals surface area contributed by atoms with Gasteiger partial charge in [-0.3, -0.25) is 19.9 Å². The second-order valence-corrected chi connectivity index (χ2v) is 19.2. The number of nitro groups is 1. The zero-order chi connectivity index (χ0) is 44.2. The molecule has 0 saturated carbocycles. The van der Waals surface area contributed by atoms with E-state index < -0.39 is 16.1 Å². The average molecular weight is 881 g/mol. The maximum Gasteiger partial charge on any atom is 0.410 e. The number of thiazole rings is 2. The first-order valence-electron chi connectivity index (χ1n) is 20.5. The number of pyridine rings is 2. The van der Waals surface area contributed by atoms with E-state index in [1.165, 1.54) is 17.4 Å². The SMILES string of the molecule is CC(C)(C)OC(=O)N1CCN(Cc2cnc3sc(-c4ccccc4N)nc3c2)CC1.CC(C)(C)OC(=O)N1CCN(Cc2cnc3sc(-c4ccccc4[N+](=O)[O-])nc3c2)CC1. The van der Waals surface area contributed by atoms with E-state index in [0.717, 1.165) is 80.8 Å². The van der Waals surface area contributed by atoms with Gasteiger partial charge in [-0.2, -0.15) is 0 Å². The first-order valence-corrected chi connectivity index (χ1v) is 22.1. The van der Waals surface area contributed by atoms with Gasteiger partial charge in [-0.25, -0.2) is 29.5 Å². The van der Waals surface area contributed by atoms with Crippen molar-refractivity contribution < 1.29 is 24.0 Å². The van der Waals surface area contributed by atoms with Gasteiger partial charge in [-0.15, -0.1) is 0 Å². The van der Waals surface area contributed by atoms with Crippen molar-refractivity contribution in [2.45, 2.75) is 65.8 Å². The molecular weight excluding hydrogens is 829 g/mol. The second-order valence-electron chi connectivity index (χ2n) is 17.2. The van der Waals surface area contributed by atoms with Crippen molar-refractivity contribution in [2.24, 2.45) is 0 Å². The molecule has 2 aliphatic heterocycles. The molecule has 2 saturated heterocycles. The van der Waals surface area contributed by atoms with Crippen molar-refractivity contribution in [1.82, 2.24) is 39.5 Å². The fourth-order valence-corrected chi connectivity index (χ4v) is 8.85. The topological polar surface area (TPSA) is 186 Å². The van der Waals surface area contributed by atoms with Crippen molar-refractivity contribution in [2.75, 3.05) is 58.1 Å². The number of ether oxygens (including phenoxy) is 2. The number of benzene rings is 2. The molecule has 2 amide bonds. The van der Waals surface area contributed by atoms with Gasteiger partial charge in [0.1, 0.15) is 41.9 Å². The highest BCUT2D eigenvalue weighted by Gasteiger charge is 2.28. The summed E-state index contributed by atoms with van der Waals surface area (Å²) < 4.78 is 10.9. The smallest absolute Gasteiger partial charge is 0.410 e. The minimum Gasteiger partial charge on any atom is -0.444 e. The summed E-state index contributed by atoms with van der Waals surface area (Å²) >= 11 is 2.90. The number of fused-ring (bicyclic) bond motifs is 2. The van der Waals surface area contributed by atoms with Crippen LogP contribution in [0.5, 0.6) is 0 Å². The maximum atomic E-state index is 12.2. The van der Waals surface area contributed by atoms with Gasteiger partial charge < -0.3 is 25.0 Å². The number of amides is 2. The number of piperazine rings is 2. The largest absolute Gasteiger partial charge is 0.444 e. The molecule has 2 aliphatic rings. The third-order valence-electron chi connectivity index (χ3n) is 9.99. The lowest BCUT2D eigenvalue weighted by Gasteiger charge is -2.35. The van der Waals surface area contributed by atoms with E-state index in [2.05, 4.69) is 30.8 Å². The Balaban J connectivity index is 0.000000187. The van der Waals surface area contributed by atoms with Crippen molar-refractivity contribution in [3.63, 3.8) is 0 Å². The van der Waals surface area contributed by atoms with E-state index in [1.54, 1.807) is 39.3 Å². The first kappa shape index (κ1) is 44.2. The van der Waals surface area contributed by atoms with E-state index in [9.17, 15) is 19.7 Å². The number of aromatic nitrogens is 4.